The standard InChI is InChI=1S/C10H10FNO3.ClH/c11-6-2-1-5(10(13)14)9-8(6)7(12)3-4-15-9;/h1-2,7H,3-4,12H2,(H,13,14);1H/t7-;/m0./s1. The van der Waals surface area contributed by atoms with Gasteiger partial charge in [-0.05, 0) is 12.1 Å². The maximum Gasteiger partial charge on any atom is 0.339 e. The molecule has 88 valence electrons. The van der Waals surface area contributed by atoms with Crippen molar-refractivity contribution in [2.24, 2.45) is 5.73 Å². The van der Waals surface area contributed by atoms with Crippen LogP contribution in [0.4, 0.5) is 4.39 Å². The lowest BCUT2D eigenvalue weighted by molar-refractivity contribution is 0.0690. The van der Waals surface area contributed by atoms with Crippen LogP contribution in [0.15, 0.2) is 12.1 Å². The highest BCUT2D eigenvalue weighted by atomic mass is 35.5. The average Bonchev–Trinajstić information content (AvgIpc) is 2.17. The first-order chi connectivity index (χ1) is 7.11. The van der Waals surface area contributed by atoms with Crippen LogP contribution in [-0.4, -0.2) is 17.7 Å². The molecular weight excluding hydrogens is 237 g/mol. The lowest BCUT2D eigenvalue weighted by Gasteiger charge is -2.24. The number of carboxylic acid groups (broad SMARTS) is 1. The summed E-state index contributed by atoms with van der Waals surface area (Å²) >= 11 is 0. The molecule has 0 saturated heterocycles. The molecule has 6 heteroatoms. The number of ether oxygens (including phenoxy) is 1. The molecule has 16 heavy (non-hydrogen) atoms. The van der Waals surface area contributed by atoms with Crippen LogP contribution in [-0.2, 0) is 0 Å². The summed E-state index contributed by atoms with van der Waals surface area (Å²) < 4.78 is 18.6. The molecule has 1 aliphatic heterocycles. The van der Waals surface area contributed by atoms with Crippen LogP contribution in [0.3, 0.4) is 0 Å². The molecule has 0 saturated carbocycles. The lowest BCUT2D eigenvalue weighted by atomic mass is 9.97. The van der Waals surface area contributed by atoms with Gasteiger partial charge in [0.15, 0.2) is 0 Å². The number of fused-ring (bicyclic) bond motifs is 1. The number of carbonyl (C=O) groups is 1. The summed E-state index contributed by atoms with van der Waals surface area (Å²) in [5.41, 5.74) is 5.83. The van der Waals surface area contributed by atoms with E-state index in [1.807, 2.05) is 0 Å². The van der Waals surface area contributed by atoms with Gasteiger partial charge >= 0.3 is 5.97 Å². The summed E-state index contributed by atoms with van der Waals surface area (Å²) in [6, 6.07) is 1.80. The molecule has 1 aliphatic rings. The molecule has 0 spiro atoms. The predicted molar refractivity (Wildman–Crippen MR) is 57.6 cm³/mol. The average molecular weight is 248 g/mol. The fraction of sp³-hybridized carbons (Fsp3) is 0.300. The molecule has 1 aromatic rings. The van der Waals surface area contributed by atoms with Crippen molar-refractivity contribution < 1.29 is 19.0 Å². The number of rotatable bonds is 1. The second-order valence-corrected chi connectivity index (χ2v) is 3.39. The molecular formula is C10H11ClFNO3. The molecule has 0 aliphatic carbocycles. The van der Waals surface area contributed by atoms with Gasteiger partial charge < -0.3 is 15.6 Å². The van der Waals surface area contributed by atoms with Crippen molar-refractivity contribution in [3.63, 3.8) is 0 Å². The summed E-state index contributed by atoms with van der Waals surface area (Å²) in [5, 5.41) is 8.87. The van der Waals surface area contributed by atoms with E-state index in [1.165, 1.54) is 6.07 Å². The van der Waals surface area contributed by atoms with Gasteiger partial charge in [-0.1, -0.05) is 0 Å². The van der Waals surface area contributed by atoms with Gasteiger partial charge in [0.1, 0.15) is 17.1 Å². The fourth-order valence-corrected chi connectivity index (χ4v) is 1.68. The summed E-state index contributed by atoms with van der Waals surface area (Å²) in [5.74, 6) is -1.58. The molecule has 4 nitrogen and oxygen atoms in total. The van der Waals surface area contributed by atoms with Crippen molar-refractivity contribution in [3.8, 4) is 5.75 Å². The van der Waals surface area contributed by atoms with E-state index in [4.69, 9.17) is 15.6 Å². The van der Waals surface area contributed by atoms with Crippen molar-refractivity contribution in [1.82, 2.24) is 0 Å². The largest absolute Gasteiger partial charge is 0.492 e. The Hall–Kier alpha value is -1.33. The Bertz CT molecular complexity index is 425. The number of hydrogen-bond donors (Lipinski definition) is 2. The lowest BCUT2D eigenvalue weighted by Crippen LogP contribution is -2.23. The molecule has 0 unspecified atom stereocenters. The number of benzene rings is 1. The van der Waals surface area contributed by atoms with Crippen molar-refractivity contribution in [3.05, 3.63) is 29.1 Å². The van der Waals surface area contributed by atoms with E-state index in [2.05, 4.69) is 0 Å². The number of aromatic carboxylic acids is 1. The predicted octanol–water partition coefficient (Wildman–Crippen LogP) is 1.73. The van der Waals surface area contributed by atoms with E-state index >= 15 is 0 Å². The molecule has 0 bridgehead atoms. The number of carboxylic acids is 1. The highest BCUT2D eigenvalue weighted by Crippen LogP contribution is 2.35. The van der Waals surface area contributed by atoms with Gasteiger partial charge in [0, 0.05) is 18.0 Å². The van der Waals surface area contributed by atoms with Crippen LogP contribution >= 0.6 is 12.4 Å². The third-order valence-electron chi connectivity index (χ3n) is 2.42. The molecule has 1 aromatic carbocycles. The van der Waals surface area contributed by atoms with E-state index < -0.39 is 17.8 Å². The highest BCUT2D eigenvalue weighted by Gasteiger charge is 2.26. The van der Waals surface area contributed by atoms with Gasteiger partial charge in [0.2, 0.25) is 0 Å². The summed E-state index contributed by atoms with van der Waals surface area (Å²) in [6.07, 6.45) is 0.493. The van der Waals surface area contributed by atoms with Crippen molar-refractivity contribution in [1.29, 1.82) is 0 Å². The normalized spacial score (nSPS) is 18.0. The molecule has 0 aromatic heterocycles. The quantitative estimate of drug-likeness (QED) is 0.793. The van der Waals surface area contributed by atoms with Gasteiger partial charge in [-0.3, -0.25) is 0 Å². The first-order valence-corrected chi connectivity index (χ1v) is 4.55. The Morgan fingerprint density at radius 3 is 2.88 bits per heavy atom. The van der Waals surface area contributed by atoms with Gasteiger partial charge in [-0.15, -0.1) is 12.4 Å². The van der Waals surface area contributed by atoms with E-state index in [-0.39, 0.29) is 29.3 Å². The van der Waals surface area contributed by atoms with Crippen molar-refractivity contribution in [2.45, 2.75) is 12.5 Å². The van der Waals surface area contributed by atoms with Crippen LogP contribution in [0.25, 0.3) is 0 Å². The van der Waals surface area contributed by atoms with Crippen LogP contribution in [0, 0.1) is 5.82 Å². The summed E-state index contributed by atoms with van der Waals surface area (Å²) in [7, 11) is 0. The Labute approximate surface area is 97.6 Å². The smallest absolute Gasteiger partial charge is 0.339 e. The minimum atomic E-state index is -1.14. The molecule has 1 heterocycles. The number of hydrogen-bond acceptors (Lipinski definition) is 3. The van der Waals surface area contributed by atoms with Crippen LogP contribution in [0.5, 0.6) is 5.75 Å². The molecule has 0 fully saturated rings. The molecule has 0 amide bonds. The van der Waals surface area contributed by atoms with Crippen LogP contribution in [0.1, 0.15) is 28.4 Å². The molecule has 3 N–H and O–H groups in total. The van der Waals surface area contributed by atoms with Crippen LogP contribution < -0.4 is 10.5 Å². The zero-order valence-electron chi connectivity index (χ0n) is 8.27. The van der Waals surface area contributed by atoms with E-state index in [0.717, 1.165) is 6.07 Å². The SMILES string of the molecule is Cl.N[C@H]1CCOc2c(C(=O)O)ccc(F)c21. The van der Waals surface area contributed by atoms with Gasteiger partial charge in [-0.2, -0.15) is 0 Å². The minimum Gasteiger partial charge on any atom is -0.492 e. The Morgan fingerprint density at radius 2 is 2.25 bits per heavy atom. The second kappa shape index (κ2) is 4.67. The highest BCUT2D eigenvalue weighted by molar-refractivity contribution is 5.91. The third-order valence-corrected chi connectivity index (χ3v) is 2.42. The van der Waals surface area contributed by atoms with Gasteiger partial charge in [0.25, 0.3) is 0 Å². The molecule has 2 rings (SSSR count). The maximum atomic E-state index is 13.4. The second-order valence-electron chi connectivity index (χ2n) is 3.39. The fourth-order valence-electron chi connectivity index (χ4n) is 1.68. The Morgan fingerprint density at radius 1 is 1.56 bits per heavy atom. The Balaban J connectivity index is 0.00000128. The van der Waals surface area contributed by atoms with E-state index in [9.17, 15) is 9.18 Å². The van der Waals surface area contributed by atoms with Crippen LogP contribution in [0.2, 0.25) is 0 Å². The first-order valence-electron chi connectivity index (χ1n) is 4.55. The third kappa shape index (κ3) is 1.96. The number of halogens is 2. The van der Waals surface area contributed by atoms with Crippen molar-refractivity contribution in [2.75, 3.05) is 6.61 Å². The molecule has 1 atom stereocenters. The number of nitrogens with two attached hydrogens (primary N) is 1. The van der Waals surface area contributed by atoms with Gasteiger partial charge in [0.05, 0.1) is 6.61 Å². The minimum absolute atomic E-state index is 0. The maximum absolute atomic E-state index is 13.4. The zero-order valence-corrected chi connectivity index (χ0v) is 9.09. The zero-order chi connectivity index (χ0) is 11.0. The van der Waals surface area contributed by atoms with E-state index in [0.29, 0.717) is 13.0 Å². The monoisotopic (exact) mass is 247 g/mol. The Kier molecular flexibility index (Phi) is 3.72. The van der Waals surface area contributed by atoms with Gasteiger partial charge in [-0.25, -0.2) is 9.18 Å². The molecule has 0 radical (unpaired) electrons. The first kappa shape index (κ1) is 12.7. The summed E-state index contributed by atoms with van der Waals surface area (Å²) in [6.45, 7) is 0.317. The summed E-state index contributed by atoms with van der Waals surface area (Å²) in [4.78, 5) is 10.8. The topological polar surface area (TPSA) is 72.5 Å². The van der Waals surface area contributed by atoms with Crippen molar-refractivity contribution >= 4 is 18.4 Å². The van der Waals surface area contributed by atoms with E-state index in [1.54, 1.807) is 0 Å².